The highest BCUT2D eigenvalue weighted by Crippen LogP contribution is 2.39. The monoisotopic (exact) mass is 402 g/mol. The predicted molar refractivity (Wildman–Crippen MR) is 112 cm³/mol. The predicted octanol–water partition coefficient (Wildman–Crippen LogP) is 3.48. The summed E-state index contributed by atoms with van der Waals surface area (Å²) >= 11 is 0. The minimum absolute atomic E-state index is 0.0332. The molecule has 0 atom stereocenters. The third kappa shape index (κ3) is 5.28. The summed E-state index contributed by atoms with van der Waals surface area (Å²) < 4.78 is 35.1. The van der Waals surface area contributed by atoms with Gasteiger partial charge in [0.25, 0.3) is 0 Å². The van der Waals surface area contributed by atoms with Crippen molar-refractivity contribution in [3.63, 3.8) is 0 Å². The van der Waals surface area contributed by atoms with Crippen LogP contribution in [0, 0.1) is 0 Å². The average molecular weight is 403 g/mol. The molecule has 0 amide bonds. The van der Waals surface area contributed by atoms with Crippen molar-refractivity contribution in [3.05, 3.63) is 65.7 Å². The molecule has 0 aromatic heterocycles. The lowest BCUT2D eigenvalue weighted by atomic mass is 9.81. The molecule has 1 N–H and O–H groups in total. The van der Waals surface area contributed by atoms with Crippen LogP contribution >= 0.6 is 0 Å². The first-order valence-electron chi connectivity index (χ1n) is 8.75. The standard InChI is InChI=1S/C21H25N2.H2O4S/c1-21(2)18-8-6-7-9-19(18)23(5)20(21)15-12-16-10-13-17(14-11-16)22(3)4;1-5(2,3)4/h6-15H,1-5H3;(H2,1,2,3,4)/q+1;/p-1. The molecule has 2 aromatic carbocycles. The Morgan fingerprint density at radius 3 is 2.07 bits per heavy atom. The summed E-state index contributed by atoms with van der Waals surface area (Å²) in [4.78, 5) is 2.12. The lowest BCUT2D eigenvalue weighted by Gasteiger charge is -2.15. The Hall–Kier alpha value is -2.48. The van der Waals surface area contributed by atoms with Crippen LogP contribution in [-0.2, 0) is 15.8 Å². The van der Waals surface area contributed by atoms with Crippen molar-refractivity contribution in [1.29, 1.82) is 0 Å². The van der Waals surface area contributed by atoms with Crippen molar-refractivity contribution in [2.75, 3.05) is 26.0 Å². The van der Waals surface area contributed by atoms with Gasteiger partial charge in [-0.15, -0.1) is 0 Å². The van der Waals surface area contributed by atoms with Crippen molar-refractivity contribution in [3.8, 4) is 0 Å². The van der Waals surface area contributed by atoms with Crippen LogP contribution in [0.1, 0.15) is 25.0 Å². The molecule has 3 rings (SSSR count). The molecular weight excluding hydrogens is 376 g/mol. The van der Waals surface area contributed by atoms with Gasteiger partial charge in [0.15, 0.2) is 5.71 Å². The largest absolute Gasteiger partial charge is 0.726 e. The second-order valence-corrected chi connectivity index (χ2v) is 8.19. The molecule has 0 fully saturated rings. The smallest absolute Gasteiger partial charge is 0.215 e. The molecule has 0 bridgehead atoms. The molecule has 28 heavy (non-hydrogen) atoms. The highest BCUT2D eigenvalue weighted by Gasteiger charge is 2.42. The van der Waals surface area contributed by atoms with Crippen LogP contribution in [0.2, 0.25) is 0 Å². The van der Waals surface area contributed by atoms with Crippen LogP contribution in [0.5, 0.6) is 0 Å². The van der Waals surface area contributed by atoms with E-state index in [2.05, 4.69) is 105 Å². The zero-order valence-corrected chi connectivity index (χ0v) is 17.6. The maximum Gasteiger partial charge on any atom is 0.215 e. The van der Waals surface area contributed by atoms with Gasteiger partial charge in [0.05, 0.1) is 5.41 Å². The van der Waals surface area contributed by atoms with Crippen LogP contribution in [0.3, 0.4) is 0 Å². The molecule has 7 heteroatoms. The summed E-state index contributed by atoms with van der Waals surface area (Å²) in [5.41, 5.74) is 6.51. The fraction of sp³-hybridized carbons (Fsp3) is 0.286. The quantitative estimate of drug-likeness (QED) is 0.483. The fourth-order valence-electron chi connectivity index (χ4n) is 3.36. The van der Waals surface area contributed by atoms with E-state index in [1.807, 2.05) is 0 Å². The molecule has 0 saturated heterocycles. The lowest BCUT2D eigenvalue weighted by molar-refractivity contribution is -0.401. The highest BCUT2D eigenvalue weighted by molar-refractivity contribution is 7.79. The normalized spacial score (nSPS) is 15.2. The van der Waals surface area contributed by atoms with E-state index in [-0.39, 0.29) is 5.41 Å². The minimum atomic E-state index is -4.92. The van der Waals surface area contributed by atoms with Crippen LogP contribution in [0.15, 0.2) is 54.6 Å². The first-order valence-corrected chi connectivity index (χ1v) is 10.1. The number of hydrogen-bond acceptors (Lipinski definition) is 4. The first kappa shape index (κ1) is 21.8. The number of para-hydroxylation sites is 1. The number of fused-ring (bicyclic) bond motifs is 1. The molecule has 0 saturated carbocycles. The topological polar surface area (TPSA) is 83.7 Å². The second-order valence-electron chi connectivity index (χ2n) is 7.33. The lowest BCUT2D eigenvalue weighted by Crippen LogP contribution is -2.26. The van der Waals surface area contributed by atoms with Crippen LogP contribution in [0.25, 0.3) is 6.08 Å². The Bertz CT molecular complexity index is 997. The Balaban J connectivity index is 0.000000500. The van der Waals surface area contributed by atoms with E-state index in [9.17, 15) is 0 Å². The highest BCUT2D eigenvalue weighted by atomic mass is 32.3. The molecule has 0 spiro atoms. The Morgan fingerprint density at radius 1 is 1.04 bits per heavy atom. The number of anilines is 1. The van der Waals surface area contributed by atoms with Gasteiger partial charge < -0.3 is 9.45 Å². The van der Waals surface area contributed by atoms with E-state index in [4.69, 9.17) is 17.5 Å². The zero-order chi connectivity index (χ0) is 21.1. The molecular formula is C21H26N2O4S. The second kappa shape index (κ2) is 8.26. The molecule has 1 aliphatic heterocycles. The molecule has 0 unspecified atom stereocenters. The van der Waals surface area contributed by atoms with E-state index in [0.29, 0.717) is 0 Å². The summed E-state index contributed by atoms with van der Waals surface area (Å²) in [6.07, 6.45) is 4.46. The van der Waals surface area contributed by atoms with E-state index in [0.717, 1.165) is 0 Å². The average Bonchev–Trinajstić information content (AvgIpc) is 2.79. The number of allylic oxidation sites excluding steroid dienone is 1. The van der Waals surface area contributed by atoms with Gasteiger partial charge >= 0.3 is 0 Å². The van der Waals surface area contributed by atoms with Gasteiger partial charge in [-0.3, -0.25) is 4.55 Å². The molecule has 0 radical (unpaired) electrons. The van der Waals surface area contributed by atoms with E-state index < -0.39 is 10.4 Å². The van der Waals surface area contributed by atoms with Crippen molar-refractivity contribution in [1.82, 2.24) is 0 Å². The Morgan fingerprint density at radius 2 is 1.57 bits per heavy atom. The SMILES string of the molecule is CN(C)c1ccc(C=CC2=[N+](C)c3ccccc3C2(C)C)cc1.O=S(=O)([O-])O. The van der Waals surface area contributed by atoms with Gasteiger partial charge in [-0.25, -0.2) is 8.42 Å². The van der Waals surface area contributed by atoms with Crippen molar-refractivity contribution in [2.45, 2.75) is 19.3 Å². The number of nitrogens with zero attached hydrogens (tertiary/aromatic N) is 2. The van der Waals surface area contributed by atoms with Gasteiger partial charge in [0, 0.05) is 37.5 Å². The van der Waals surface area contributed by atoms with Crippen LogP contribution in [0.4, 0.5) is 11.4 Å². The van der Waals surface area contributed by atoms with E-state index in [1.54, 1.807) is 0 Å². The van der Waals surface area contributed by atoms with Crippen molar-refractivity contribution in [2.24, 2.45) is 0 Å². The maximum absolute atomic E-state index is 8.63. The first-order chi connectivity index (χ1) is 12.9. The van der Waals surface area contributed by atoms with Crippen LogP contribution in [-0.4, -0.2) is 49.0 Å². The molecule has 0 aliphatic carbocycles. The molecule has 1 aliphatic rings. The van der Waals surface area contributed by atoms with Crippen LogP contribution < -0.4 is 4.90 Å². The van der Waals surface area contributed by atoms with Crippen molar-refractivity contribution < 1.29 is 22.1 Å². The molecule has 6 nitrogen and oxygen atoms in total. The Kier molecular flexibility index (Phi) is 6.44. The van der Waals surface area contributed by atoms with Gasteiger partial charge in [-0.05, 0) is 37.6 Å². The van der Waals surface area contributed by atoms with Gasteiger partial charge in [-0.2, -0.15) is 4.58 Å². The maximum atomic E-state index is 8.63. The fourth-order valence-corrected chi connectivity index (χ4v) is 3.36. The van der Waals surface area contributed by atoms with Gasteiger partial charge in [0.2, 0.25) is 16.1 Å². The number of hydrogen-bond donors (Lipinski definition) is 1. The summed E-state index contributed by atoms with van der Waals surface area (Å²) in [5, 5.41) is 0. The van der Waals surface area contributed by atoms with Crippen molar-refractivity contribution >= 4 is 33.6 Å². The molecule has 1 heterocycles. The number of benzene rings is 2. The van der Waals surface area contributed by atoms with Gasteiger partial charge in [0.1, 0.15) is 7.05 Å². The molecule has 150 valence electrons. The summed E-state index contributed by atoms with van der Waals surface area (Å²) in [5.74, 6) is 0. The summed E-state index contributed by atoms with van der Waals surface area (Å²) in [6.45, 7) is 4.59. The molecule has 2 aromatic rings. The van der Waals surface area contributed by atoms with E-state index in [1.165, 1.54) is 28.2 Å². The van der Waals surface area contributed by atoms with E-state index >= 15 is 0 Å². The summed E-state index contributed by atoms with van der Waals surface area (Å²) in [7, 11) is 1.37. The minimum Gasteiger partial charge on any atom is -0.726 e. The Labute approximate surface area is 167 Å². The zero-order valence-electron chi connectivity index (χ0n) is 16.7. The summed E-state index contributed by atoms with van der Waals surface area (Å²) in [6, 6.07) is 17.3. The third-order valence-electron chi connectivity index (χ3n) is 4.78. The number of rotatable bonds is 3. The van der Waals surface area contributed by atoms with Gasteiger partial charge in [-0.1, -0.05) is 30.3 Å². The third-order valence-corrected chi connectivity index (χ3v) is 4.78.